The Balaban J connectivity index is 2.01. The van der Waals surface area contributed by atoms with Gasteiger partial charge in [0.05, 0.1) is 6.54 Å². The average Bonchev–Trinajstić information content (AvgIpc) is 3.04. The summed E-state index contributed by atoms with van der Waals surface area (Å²) in [6, 6.07) is 6.63. The first-order valence-corrected chi connectivity index (χ1v) is 6.26. The largest absolute Gasteiger partial charge is 0.475 e. The van der Waals surface area contributed by atoms with Crippen LogP contribution in [-0.2, 0) is 6.54 Å². The fraction of sp³-hybridized carbons (Fsp3) is 0.286. The van der Waals surface area contributed by atoms with Crippen LogP contribution in [0, 0.1) is 0 Å². The van der Waals surface area contributed by atoms with Gasteiger partial charge in [0, 0.05) is 12.2 Å². The van der Waals surface area contributed by atoms with Gasteiger partial charge in [-0.25, -0.2) is 4.79 Å². The Kier molecular flexibility index (Phi) is 3.93. The summed E-state index contributed by atoms with van der Waals surface area (Å²) in [5.41, 5.74) is 0.560. The van der Waals surface area contributed by atoms with Gasteiger partial charge in [-0.2, -0.15) is 0 Å². The molecule has 0 aliphatic rings. The molecular formula is C14H16N2O4. The summed E-state index contributed by atoms with van der Waals surface area (Å²) in [5, 5.41) is 11.4. The van der Waals surface area contributed by atoms with E-state index in [0.29, 0.717) is 11.5 Å². The van der Waals surface area contributed by atoms with Crippen molar-refractivity contribution < 1.29 is 19.1 Å². The van der Waals surface area contributed by atoms with E-state index in [-0.39, 0.29) is 24.3 Å². The highest BCUT2D eigenvalue weighted by Gasteiger charge is 2.14. The summed E-state index contributed by atoms with van der Waals surface area (Å²) in [7, 11) is 0. The maximum absolute atomic E-state index is 12.1. The molecule has 0 spiro atoms. The number of amides is 1. The molecule has 2 N–H and O–H groups in total. The lowest BCUT2D eigenvalue weighted by molar-refractivity contribution is 0.0660. The van der Waals surface area contributed by atoms with E-state index in [2.05, 4.69) is 5.32 Å². The number of carboxylic acid groups (broad SMARTS) is 1. The molecule has 0 atom stereocenters. The van der Waals surface area contributed by atoms with E-state index < -0.39 is 5.97 Å². The van der Waals surface area contributed by atoms with Crippen molar-refractivity contribution in [2.24, 2.45) is 0 Å². The van der Waals surface area contributed by atoms with Crippen LogP contribution in [0.15, 0.2) is 34.9 Å². The highest BCUT2D eigenvalue weighted by Crippen LogP contribution is 2.11. The second kappa shape index (κ2) is 5.64. The summed E-state index contributed by atoms with van der Waals surface area (Å²) < 4.78 is 6.93. The van der Waals surface area contributed by atoms with Crippen molar-refractivity contribution >= 4 is 11.9 Å². The molecule has 106 valence electrons. The molecule has 6 heteroatoms. The Morgan fingerprint density at radius 1 is 1.35 bits per heavy atom. The molecule has 2 rings (SSSR count). The number of aromatic carboxylic acids is 1. The summed E-state index contributed by atoms with van der Waals surface area (Å²) in [6.45, 7) is 4.13. The highest BCUT2D eigenvalue weighted by atomic mass is 16.4. The molecule has 2 aromatic rings. The first-order valence-electron chi connectivity index (χ1n) is 6.26. The minimum absolute atomic E-state index is 0.139. The smallest absolute Gasteiger partial charge is 0.371 e. The summed E-state index contributed by atoms with van der Waals surface area (Å²) in [5.74, 6) is -1.09. The fourth-order valence-corrected chi connectivity index (χ4v) is 1.88. The van der Waals surface area contributed by atoms with Gasteiger partial charge in [-0.1, -0.05) is 0 Å². The van der Waals surface area contributed by atoms with Crippen molar-refractivity contribution in [1.29, 1.82) is 0 Å². The monoisotopic (exact) mass is 276 g/mol. The van der Waals surface area contributed by atoms with Crippen LogP contribution in [0.4, 0.5) is 0 Å². The Bertz CT molecular complexity index is 625. The lowest BCUT2D eigenvalue weighted by Crippen LogP contribution is -2.25. The zero-order valence-electron chi connectivity index (χ0n) is 11.3. The molecule has 0 radical (unpaired) electrons. The van der Waals surface area contributed by atoms with Crippen LogP contribution in [0.5, 0.6) is 0 Å². The predicted octanol–water partition coefficient (Wildman–Crippen LogP) is 2.29. The number of rotatable bonds is 5. The van der Waals surface area contributed by atoms with Gasteiger partial charge in [0.25, 0.3) is 5.91 Å². The SMILES string of the molecule is CC(C)n1cccc1C(=O)NCc1ccc(C(=O)O)o1. The maximum atomic E-state index is 12.1. The lowest BCUT2D eigenvalue weighted by Gasteiger charge is -2.12. The van der Waals surface area contributed by atoms with E-state index in [1.807, 2.05) is 30.7 Å². The van der Waals surface area contributed by atoms with Crippen molar-refractivity contribution in [1.82, 2.24) is 9.88 Å². The lowest BCUT2D eigenvalue weighted by atomic mass is 10.3. The van der Waals surface area contributed by atoms with Crippen LogP contribution in [0.3, 0.4) is 0 Å². The molecule has 6 nitrogen and oxygen atoms in total. The Hall–Kier alpha value is -2.50. The minimum Gasteiger partial charge on any atom is -0.475 e. The van der Waals surface area contributed by atoms with Gasteiger partial charge in [0.15, 0.2) is 0 Å². The molecule has 0 aliphatic heterocycles. The molecule has 0 bridgehead atoms. The number of hydrogen-bond acceptors (Lipinski definition) is 3. The predicted molar refractivity (Wildman–Crippen MR) is 71.7 cm³/mol. The molecule has 0 saturated carbocycles. The molecule has 2 aromatic heterocycles. The van der Waals surface area contributed by atoms with E-state index in [4.69, 9.17) is 9.52 Å². The number of nitrogens with one attached hydrogen (secondary N) is 1. The van der Waals surface area contributed by atoms with Crippen molar-refractivity contribution in [2.45, 2.75) is 26.4 Å². The van der Waals surface area contributed by atoms with Gasteiger partial charge in [-0.15, -0.1) is 0 Å². The quantitative estimate of drug-likeness (QED) is 0.877. The van der Waals surface area contributed by atoms with Crippen LogP contribution in [-0.4, -0.2) is 21.6 Å². The molecule has 0 fully saturated rings. The van der Waals surface area contributed by atoms with Crippen molar-refractivity contribution in [3.8, 4) is 0 Å². The number of hydrogen-bond donors (Lipinski definition) is 2. The van der Waals surface area contributed by atoms with Gasteiger partial charge in [-0.3, -0.25) is 4.79 Å². The van der Waals surface area contributed by atoms with E-state index in [9.17, 15) is 9.59 Å². The zero-order valence-corrected chi connectivity index (χ0v) is 11.3. The molecule has 20 heavy (non-hydrogen) atoms. The van der Waals surface area contributed by atoms with Gasteiger partial charge in [0.2, 0.25) is 5.76 Å². The summed E-state index contributed by atoms with van der Waals surface area (Å²) in [6.07, 6.45) is 1.84. The Labute approximate surface area is 116 Å². The minimum atomic E-state index is -1.13. The molecule has 2 heterocycles. The average molecular weight is 276 g/mol. The van der Waals surface area contributed by atoms with Crippen LogP contribution in [0.1, 0.15) is 46.7 Å². The third-order valence-electron chi connectivity index (χ3n) is 2.86. The third kappa shape index (κ3) is 2.90. The van der Waals surface area contributed by atoms with Crippen LogP contribution < -0.4 is 5.32 Å². The third-order valence-corrected chi connectivity index (χ3v) is 2.86. The molecule has 0 aliphatic carbocycles. The maximum Gasteiger partial charge on any atom is 0.371 e. The van der Waals surface area contributed by atoms with E-state index in [1.165, 1.54) is 12.1 Å². The van der Waals surface area contributed by atoms with Gasteiger partial charge >= 0.3 is 5.97 Å². The first-order chi connectivity index (χ1) is 9.49. The summed E-state index contributed by atoms with van der Waals surface area (Å²) >= 11 is 0. The van der Waals surface area contributed by atoms with Gasteiger partial charge in [0.1, 0.15) is 11.5 Å². The van der Waals surface area contributed by atoms with E-state index in [0.717, 1.165) is 0 Å². The molecule has 0 saturated heterocycles. The molecule has 1 amide bonds. The Morgan fingerprint density at radius 2 is 2.10 bits per heavy atom. The van der Waals surface area contributed by atoms with Crippen LogP contribution in [0.2, 0.25) is 0 Å². The number of carboxylic acids is 1. The Morgan fingerprint density at radius 3 is 2.70 bits per heavy atom. The van der Waals surface area contributed by atoms with E-state index >= 15 is 0 Å². The normalized spacial score (nSPS) is 10.8. The number of furan rings is 1. The van der Waals surface area contributed by atoms with E-state index in [1.54, 1.807) is 6.07 Å². The van der Waals surface area contributed by atoms with Gasteiger partial charge in [-0.05, 0) is 38.1 Å². The van der Waals surface area contributed by atoms with Crippen molar-refractivity contribution in [3.05, 3.63) is 47.7 Å². The first kappa shape index (κ1) is 13.9. The number of carbonyl (C=O) groups is 2. The summed E-state index contributed by atoms with van der Waals surface area (Å²) in [4.78, 5) is 22.7. The molecular weight excluding hydrogens is 260 g/mol. The zero-order chi connectivity index (χ0) is 14.7. The molecule has 0 aromatic carbocycles. The number of carbonyl (C=O) groups excluding carboxylic acids is 1. The second-order valence-electron chi connectivity index (χ2n) is 4.65. The standard InChI is InChI=1S/C14H16N2O4/c1-9(2)16-7-3-4-11(16)13(17)15-8-10-5-6-12(20-10)14(18)19/h3-7,9H,8H2,1-2H3,(H,15,17)(H,18,19). The van der Waals surface area contributed by atoms with Crippen molar-refractivity contribution in [3.63, 3.8) is 0 Å². The molecule has 0 unspecified atom stereocenters. The van der Waals surface area contributed by atoms with Crippen LogP contribution >= 0.6 is 0 Å². The van der Waals surface area contributed by atoms with Crippen molar-refractivity contribution in [2.75, 3.05) is 0 Å². The van der Waals surface area contributed by atoms with Crippen LogP contribution in [0.25, 0.3) is 0 Å². The fourth-order valence-electron chi connectivity index (χ4n) is 1.88. The topological polar surface area (TPSA) is 84.5 Å². The highest BCUT2D eigenvalue weighted by molar-refractivity contribution is 5.92. The van der Waals surface area contributed by atoms with Gasteiger partial charge < -0.3 is 19.4 Å². The number of nitrogens with zero attached hydrogens (tertiary/aromatic N) is 1. The second-order valence-corrected chi connectivity index (χ2v) is 4.65. The number of aromatic nitrogens is 1.